The van der Waals surface area contributed by atoms with Crippen LogP contribution in [-0.4, -0.2) is 9.97 Å². The second kappa shape index (κ2) is 3.00. The molecule has 0 radical (unpaired) electrons. The van der Waals surface area contributed by atoms with Crippen molar-refractivity contribution in [2.45, 2.75) is 24.8 Å². The van der Waals surface area contributed by atoms with Crippen LogP contribution >= 0.6 is 15.9 Å². The molecule has 2 aliphatic carbocycles. The second-order valence-corrected chi connectivity index (χ2v) is 5.87. The number of fused-ring (bicyclic) bond motifs is 3. The fraction of sp³-hybridized carbons (Fsp3) is 0.308. The summed E-state index contributed by atoms with van der Waals surface area (Å²) in [6.45, 7) is 0. The Balaban J connectivity index is 1.89. The minimum Gasteiger partial charge on any atom is -0.343 e. The fourth-order valence-electron chi connectivity index (χ4n) is 2.50. The summed E-state index contributed by atoms with van der Waals surface area (Å²) in [7, 11) is 0. The van der Waals surface area contributed by atoms with Crippen molar-refractivity contribution in [3.63, 3.8) is 0 Å². The van der Waals surface area contributed by atoms with Gasteiger partial charge >= 0.3 is 0 Å². The molecular weight excluding hydrogens is 278 g/mol. The molecular formula is C13H12BrN3. The first-order chi connectivity index (χ1) is 8.17. The Hall–Kier alpha value is -1.13. The number of rotatable bonds is 1. The van der Waals surface area contributed by atoms with Crippen molar-refractivity contribution in [2.75, 3.05) is 0 Å². The number of nitrogens with one attached hydrogen (secondary N) is 1. The van der Waals surface area contributed by atoms with Gasteiger partial charge in [0.15, 0.2) is 0 Å². The zero-order valence-electron chi connectivity index (χ0n) is 9.26. The Morgan fingerprint density at radius 3 is 2.94 bits per heavy atom. The standard InChI is InChI=1S/C13H12BrN3/c14-9-3-1-2-7-8(9)6-10-11(7)17-12(16-10)13(15)4-5-13/h1-3H,4-6,15H2,(H,16,17). The van der Waals surface area contributed by atoms with E-state index < -0.39 is 0 Å². The van der Waals surface area contributed by atoms with Gasteiger partial charge in [0.2, 0.25) is 0 Å². The Bertz CT molecular complexity index is 626. The highest BCUT2D eigenvalue weighted by molar-refractivity contribution is 9.10. The van der Waals surface area contributed by atoms with E-state index in [0.717, 1.165) is 35.3 Å². The van der Waals surface area contributed by atoms with Gasteiger partial charge in [0.05, 0.1) is 11.2 Å². The van der Waals surface area contributed by atoms with Crippen LogP contribution in [-0.2, 0) is 12.0 Å². The van der Waals surface area contributed by atoms with Crippen LogP contribution in [0.5, 0.6) is 0 Å². The molecule has 17 heavy (non-hydrogen) atoms. The first kappa shape index (κ1) is 9.85. The van der Waals surface area contributed by atoms with Gasteiger partial charge in [0, 0.05) is 22.2 Å². The van der Waals surface area contributed by atoms with E-state index in [-0.39, 0.29) is 5.54 Å². The van der Waals surface area contributed by atoms with Crippen LogP contribution in [0.15, 0.2) is 22.7 Å². The van der Waals surface area contributed by atoms with Gasteiger partial charge in [0.25, 0.3) is 0 Å². The van der Waals surface area contributed by atoms with E-state index in [2.05, 4.69) is 39.1 Å². The van der Waals surface area contributed by atoms with Crippen LogP contribution in [0.1, 0.15) is 29.9 Å². The number of nitrogens with two attached hydrogens (primary N) is 1. The summed E-state index contributed by atoms with van der Waals surface area (Å²) < 4.78 is 1.16. The lowest BCUT2D eigenvalue weighted by molar-refractivity contribution is 0.682. The van der Waals surface area contributed by atoms with Gasteiger partial charge in [-0.25, -0.2) is 4.98 Å². The Kier molecular flexibility index (Phi) is 1.74. The van der Waals surface area contributed by atoms with Gasteiger partial charge in [-0.3, -0.25) is 0 Å². The highest BCUT2D eigenvalue weighted by Crippen LogP contribution is 2.45. The minimum absolute atomic E-state index is 0.170. The van der Waals surface area contributed by atoms with Crippen molar-refractivity contribution < 1.29 is 0 Å². The average molecular weight is 290 g/mol. The molecule has 0 atom stereocenters. The van der Waals surface area contributed by atoms with Crippen molar-refractivity contribution in [1.29, 1.82) is 0 Å². The summed E-state index contributed by atoms with van der Waals surface area (Å²) >= 11 is 3.59. The molecule has 4 heteroatoms. The molecule has 1 aromatic heterocycles. The largest absolute Gasteiger partial charge is 0.343 e. The van der Waals surface area contributed by atoms with Crippen LogP contribution in [0.3, 0.4) is 0 Å². The third-order valence-electron chi connectivity index (χ3n) is 3.77. The van der Waals surface area contributed by atoms with Gasteiger partial charge in [-0.05, 0) is 24.5 Å². The molecule has 0 unspecified atom stereocenters. The lowest BCUT2D eigenvalue weighted by Gasteiger charge is -2.05. The molecule has 2 aromatic rings. The summed E-state index contributed by atoms with van der Waals surface area (Å²) in [4.78, 5) is 8.12. The highest BCUT2D eigenvalue weighted by atomic mass is 79.9. The predicted octanol–water partition coefficient (Wildman–Crippen LogP) is 2.69. The molecule has 0 bridgehead atoms. The highest BCUT2D eigenvalue weighted by Gasteiger charge is 2.44. The van der Waals surface area contributed by atoms with Crippen molar-refractivity contribution in [3.8, 4) is 11.3 Å². The molecule has 86 valence electrons. The van der Waals surface area contributed by atoms with Crippen molar-refractivity contribution in [3.05, 3.63) is 39.8 Å². The minimum atomic E-state index is -0.170. The Morgan fingerprint density at radius 2 is 2.18 bits per heavy atom. The number of aromatic amines is 1. The summed E-state index contributed by atoms with van der Waals surface area (Å²) in [6.07, 6.45) is 3.02. The topological polar surface area (TPSA) is 54.7 Å². The van der Waals surface area contributed by atoms with E-state index in [1.807, 2.05) is 0 Å². The number of hydrogen-bond donors (Lipinski definition) is 2. The lowest BCUT2D eigenvalue weighted by atomic mass is 10.1. The molecule has 0 spiro atoms. The average Bonchev–Trinajstić information content (AvgIpc) is 2.78. The van der Waals surface area contributed by atoms with E-state index >= 15 is 0 Å². The van der Waals surface area contributed by atoms with Gasteiger partial charge in [0.1, 0.15) is 5.82 Å². The normalized spacial score (nSPS) is 18.9. The summed E-state index contributed by atoms with van der Waals surface area (Å²) in [5.74, 6) is 0.966. The van der Waals surface area contributed by atoms with Crippen LogP contribution in [0.4, 0.5) is 0 Å². The number of aromatic nitrogens is 2. The number of imidazole rings is 1. The first-order valence-corrected chi connectivity index (χ1v) is 6.63. The summed E-state index contributed by atoms with van der Waals surface area (Å²) in [6, 6.07) is 6.27. The van der Waals surface area contributed by atoms with E-state index in [1.165, 1.54) is 16.8 Å². The molecule has 2 aliphatic rings. The zero-order chi connectivity index (χ0) is 11.6. The molecule has 1 aromatic carbocycles. The quantitative estimate of drug-likeness (QED) is 0.724. The lowest BCUT2D eigenvalue weighted by Crippen LogP contribution is -2.20. The molecule has 0 amide bonds. The van der Waals surface area contributed by atoms with E-state index in [1.54, 1.807) is 0 Å². The smallest absolute Gasteiger partial charge is 0.127 e. The van der Waals surface area contributed by atoms with E-state index in [0.29, 0.717) is 0 Å². The Labute approximate surface area is 108 Å². The van der Waals surface area contributed by atoms with E-state index in [9.17, 15) is 0 Å². The van der Waals surface area contributed by atoms with Crippen molar-refractivity contribution in [1.82, 2.24) is 9.97 Å². The third kappa shape index (κ3) is 1.28. The number of hydrogen-bond acceptors (Lipinski definition) is 2. The SMILES string of the molecule is NC1(c2nc3c([nH]2)Cc2c(Br)cccc2-3)CC1. The van der Waals surface area contributed by atoms with Gasteiger partial charge in [-0.15, -0.1) is 0 Å². The molecule has 3 nitrogen and oxygen atoms in total. The van der Waals surface area contributed by atoms with Crippen LogP contribution < -0.4 is 5.73 Å². The van der Waals surface area contributed by atoms with E-state index in [4.69, 9.17) is 10.7 Å². The summed E-state index contributed by atoms with van der Waals surface area (Å²) in [5, 5.41) is 0. The molecule has 1 saturated carbocycles. The molecule has 1 fully saturated rings. The molecule has 4 rings (SSSR count). The fourth-order valence-corrected chi connectivity index (χ4v) is 3.01. The molecule has 1 heterocycles. The van der Waals surface area contributed by atoms with Crippen molar-refractivity contribution in [2.24, 2.45) is 5.73 Å². The van der Waals surface area contributed by atoms with Gasteiger partial charge in [-0.2, -0.15) is 0 Å². The van der Waals surface area contributed by atoms with Crippen molar-refractivity contribution >= 4 is 15.9 Å². The Morgan fingerprint density at radius 1 is 1.35 bits per heavy atom. The van der Waals surface area contributed by atoms with Crippen LogP contribution in [0.25, 0.3) is 11.3 Å². The number of nitrogens with zero attached hydrogens (tertiary/aromatic N) is 1. The molecule has 0 aliphatic heterocycles. The maximum absolute atomic E-state index is 6.18. The number of benzene rings is 1. The molecule has 0 saturated heterocycles. The van der Waals surface area contributed by atoms with Crippen LogP contribution in [0.2, 0.25) is 0 Å². The zero-order valence-corrected chi connectivity index (χ0v) is 10.8. The third-order valence-corrected chi connectivity index (χ3v) is 4.51. The van der Waals surface area contributed by atoms with Crippen LogP contribution in [0, 0.1) is 0 Å². The maximum atomic E-state index is 6.18. The maximum Gasteiger partial charge on any atom is 0.127 e. The predicted molar refractivity (Wildman–Crippen MR) is 69.6 cm³/mol. The second-order valence-electron chi connectivity index (χ2n) is 5.01. The molecule has 3 N–H and O–H groups in total. The number of halogens is 1. The first-order valence-electron chi connectivity index (χ1n) is 5.83. The summed E-state index contributed by atoms with van der Waals surface area (Å²) in [5.41, 5.74) is 10.9. The number of H-pyrrole nitrogens is 1. The monoisotopic (exact) mass is 289 g/mol. The van der Waals surface area contributed by atoms with Gasteiger partial charge < -0.3 is 10.7 Å². The van der Waals surface area contributed by atoms with Gasteiger partial charge in [-0.1, -0.05) is 28.1 Å².